The molecule has 0 bridgehead atoms. The molecule has 0 saturated carbocycles. The Morgan fingerprint density at radius 3 is 2.96 bits per heavy atom. The molecule has 1 amide bonds. The van der Waals surface area contributed by atoms with Gasteiger partial charge in [0.05, 0.1) is 19.8 Å². The van der Waals surface area contributed by atoms with Crippen LogP contribution >= 0.6 is 0 Å². The molecule has 132 valence electrons. The second-order valence-corrected chi connectivity index (χ2v) is 6.64. The average molecular weight is 343 g/mol. The van der Waals surface area contributed by atoms with Gasteiger partial charge in [-0.1, -0.05) is 13.8 Å². The Labute approximate surface area is 145 Å². The van der Waals surface area contributed by atoms with Gasteiger partial charge in [-0.3, -0.25) is 4.79 Å². The summed E-state index contributed by atoms with van der Waals surface area (Å²) >= 11 is 0. The van der Waals surface area contributed by atoms with E-state index in [2.05, 4.69) is 10.2 Å². The van der Waals surface area contributed by atoms with Crippen LogP contribution in [0, 0.1) is 0 Å². The van der Waals surface area contributed by atoms with Crippen LogP contribution in [0.5, 0.6) is 5.75 Å². The molecule has 7 heteroatoms. The van der Waals surface area contributed by atoms with E-state index < -0.39 is 0 Å². The topological polar surface area (TPSA) is 77.7 Å². The van der Waals surface area contributed by atoms with E-state index in [0.717, 1.165) is 17.7 Å². The smallest absolute Gasteiger partial charge is 0.254 e. The van der Waals surface area contributed by atoms with E-state index in [1.165, 1.54) is 0 Å². The van der Waals surface area contributed by atoms with E-state index in [-0.39, 0.29) is 17.9 Å². The minimum absolute atomic E-state index is 0.0488. The summed E-state index contributed by atoms with van der Waals surface area (Å²) in [5.41, 5.74) is 1.73. The van der Waals surface area contributed by atoms with Crippen molar-refractivity contribution in [3.8, 4) is 5.75 Å². The average Bonchev–Trinajstić information content (AvgIpc) is 3.29. The first-order valence-electron chi connectivity index (χ1n) is 8.61. The van der Waals surface area contributed by atoms with Gasteiger partial charge in [-0.05, 0) is 23.8 Å². The number of rotatable bonds is 3. The van der Waals surface area contributed by atoms with E-state index in [9.17, 15) is 4.79 Å². The van der Waals surface area contributed by atoms with E-state index in [0.29, 0.717) is 43.7 Å². The van der Waals surface area contributed by atoms with E-state index in [4.69, 9.17) is 13.9 Å². The Hall–Kier alpha value is -2.41. The van der Waals surface area contributed by atoms with Crippen LogP contribution in [0.1, 0.15) is 53.5 Å². The molecule has 3 heterocycles. The lowest BCUT2D eigenvalue weighted by atomic mass is 10.1. The lowest BCUT2D eigenvalue weighted by molar-refractivity contribution is -0.0107. The highest BCUT2D eigenvalue weighted by atomic mass is 16.5. The zero-order chi connectivity index (χ0) is 17.4. The van der Waals surface area contributed by atoms with Gasteiger partial charge in [0.25, 0.3) is 5.91 Å². The standard InChI is InChI=1S/C18H21N3O4/c1-11(2)16-19-20-17(25-16)14-10-23-8-6-21(14)18(22)13-3-4-15-12(9-13)5-7-24-15/h3-4,9,11,14H,5-8,10H2,1-2H3/t14-/m0/s1. The number of ether oxygens (including phenoxy) is 2. The van der Waals surface area contributed by atoms with Crippen molar-refractivity contribution in [2.75, 3.05) is 26.4 Å². The Morgan fingerprint density at radius 1 is 1.28 bits per heavy atom. The predicted molar refractivity (Wildman–Crippen MR) is 88.6 cm³/mol. The molecule has 1 aromatic carbocycles. The number of morpholine rings is 1. The molecule has 1 atom stereocenters. The van der Waals surface area contributed by atoms with E-state index >= 15 is 0 Å². The summed E-state index contributed by atoms with van der Waals surface area (Å²) < 4.78 is 16.8. The van der Waals surface area contributed by atoms with Gasteiger partial charge in [0.2, 0.25) is 11.8 Å². The Bertz CT molecular complexity index is 786. The summed E-state index contributed by atoms with van der Waals surface area (Å²) in [6.45, 7) is 6.01. The summed E-state index contributed by atoms with van der Waals surface area (Å²) in [6.07, 6.45) is 0.838. The molecule has 1 saturated heterocycles. The van der Waals surface area contributed by atoms with Crippen LogP contribution in [-0.4, -0.2) is 47.4 Å². The van der Waals surface area contributed by atoms with Crippen molar-refractivity contribution < 1.29 is 18.7 Å². The summed E-state index contributed by atoms with van der Waals surface area (Å²) in [5, 5.41) is 8.21. The number of nitrogens with zero attached hydrogens (tertiary/aromatic N) is 3. The van der Waals surface area contributed by atoms with Gasteiger partial charge in [-0.25, -0.2) is 0 Å². The molecule has 7 nitrogen and oxygen atoms in total. The SMILES string of the molecule is CC(C)c1nnc([C@@H]2COCCN2C(=O)c2ccc3c(c2)CCO3)o1. The van der Waals surface area contributed by atoms with Crippen molar-refractivity contribution in [3.63, 3.8) is 0 Å². The molecular formula is C18H21N3O4. The monoisotopic (exact) mass is 343 g/mol. The van der Waals surface area contributed by atoms with Gasteiger partial charge < -0.3 is 18.8 Å². The lowest BCUT2D eigenvalue weighted by Crippen LogP contribution is -2.43. The van der Waals surface area contributed by atoms with Gasteiger partial charge in [0, 0.05) is 24.4 Å². The van der Waals surface area contributed by atoms with Crippen molar-refractivity contribution in [3.05, 3.63) is 41.1 Å². The highest BCUT2D eigenvalue weighted by molar-refractivity contribution is 5.95. The zero-order valence-corrected chi connectivity index (χ0v) is 14.4. The van der Waals surface area contributed by atoms with Crippen molar-refractivity contribution in [1.82, 2.24) is 15.1 Å². The van der Waals surface area contributed by atoms with Crippen molar-refractivity contribution in [2.45, 2.75) is 32.2 Å². The van der Waals surface area contributed by atoms with Gasteiger partial charge in [-0.2, -0.15) is 0 Å². The highest BCUT2D eigenvalue weighted by Crippen LogP contribution is 2.30. The minimum atomic E-state index is -0.356. The van der Waals surface area contributed by atoms with E-state index in [1.807, 2.05) is 32.0 Å². The first-order valence-corrected chi connectivity index (χ1v) is 8.61. The number of hydrogen-bond donors (Lipinski definition) is 0. The van der Waals surface area contributed by atoms with Crippen LogP contribution in [0.2, 0.25) is 0 Å². The third kappa shape index (κ3) is 3.00. The first kappa shape index (κ1) is 16.1. The molecule has 1 fully saturated rings. The molecule has 1 aromatic heterocycles. The minimum Gasteiger partial charge on any atom is -0.493 e. The molecule has 4 rings (SSSR count). The number of benzene rings is 1. The van der Waals surface area contributed by atoms with Crippen LogP contribution < -0.4 is 4.74 Å². The molecule has 0 spiro atoms. The molecule has 2 aliphatic rings. The number of amides is 1. The number of hydrogen-bond acceptors (Lipinski definition) is 6. The van der Waals surface area contributed by atoms with Gasteiger partial charge in [0.1, 0.15) is 11.8 Å². The van der Waals surface area contributed by atoms with Crippen LogP contribution in [0.15, 0.2) is 22.6 Å². The van der Waals surface area contributed by atoms with Crippen LogP contribution in [0.3, 0.4) is 0 Å². The molecule has 2 aromatic rings. The Morgan fingerprint density at radius 2 is 2.16 bits per heavy atom. The lowest BCUT2D eigenvalue weighted by Gasteiger charge is -2.33. The van der Waals surface area contributed by atoms with E-state index in [1.54, 1.807) is 4.90 Å². The molecular weight excluding hydrogens is 322 g/mol. The second-order valence-electron chi connectivity index (χ2n) is 6.64. The van der Waals surface area contributed by atoms with Crippen LogP contribution in [0.25, 0.3) is 0 Å². The summed E-state index contributed by atoms with van der Waals surface area (Å²) in [6, 6.07) is 5.25. The summed E-state index contributed by atoms with van der Waals surface area (Å²) in [7, 11) is 0. The third-order valence-electron chi connectivity index (χ3n) is 4.56. The molecule has 0 N–H and O–H groups in total. The van der Waals surface area contributed by atoms with Gasteiger partial charge in [-0.15, -0.1) is 10.2 Å². The summed E-state index contributed by atoms with van der Waals surface area (Å²) in [4.78, 5) is 14.8. The predicted octanol–water partition coefficient (Wildman–Crippen LogP) is 2.34. The van der Waals surface area contributed by atoms with Crippen molar-refractivity contribution in [2.24, 2.45) is 0 Å². The zero-order valence-electron chi connectivity index (χ0n) is 14.4. The Kier molecular flexibility index (Phi) is 4.17. The normalized spacial score (nSPS) is 19.8. The first-order chi connectivity index (χ1) is 12.1. The fourth-order valence-corrected chi connectivity index (χ4v) is 3.15. The molecule has 0 radical (unpaired) electrons. The van der Waals surface area contributed by atoms with Gasteiger partial charge in [0.15, 0.2) is 0 Å². The van der Waals surface area contributed by atoms with Crippen LogP contribution in [-0.2, 0) is 11.2 Å². The van der Waals surface area contributed by atoms with Crippen molar-refractivity contribution in [1.29, 1.82) is 0 Å². The highest BCUT2D eigenvalue weighted by Gasteiger charge is 2.34. The number of fused-ring (bicyclic) bond motifs is 1. The summed E-state index contributed by atoms with van der Waals surface area (Å²) in [5.74, 6) is 1.97. The number of aromatic nitrogens is 2. The Balaban J connectivity index is 1.60. The second kappa shape index (κ2) is 6.48. The number of carbonyl (C=O) groups excluding carboxylic acids is 1. The molecule has 2 aliphatic heterocycles. The molecule has 0 aliphatic carbocycles. The molecule has 25 heavy (non-hydrogen) atoms. The maximum Gasteiger partial charge on any atom is 0.254 e. The fourth-order valence-electron chi connectivity index (χ4n) is 3.15. The number of carbonyl (C=O) groups is 1. The molecule has 0 unspecified atom stereocenters. The third-order valence-corrected chi connectivity index (χ3v) is 4.56. The van der Waals surface area contributed by atoms with Gasteiger partial charge >= 0.3 is 0 Å². The quantitative estimate of drug-likeness (QED) is 0.851. The van der Waals surface area contributed by atoms with Crippen molar-refractivity contribution >= 4 is 5.91 Å². The fraction of sp³-hybridized carbons (Fsp3) is 0.500. The van der Waals surface area contributed by atoms with Crippen LogP contribution in [0.4, 0.5) is 0 Å². The largest absolute Gasteiger partial charge is 0.493 e. The maximum absolute atomic E-state index is 13.1. The maximum atomic E-state index is 13.1.